The summed E-state index contributed by atoms with van der Waals surface area (Å²) in [6.07, 6.45) is 1.37. The molecular weight excluding hydrogens is 913 g/mol. The second-order valence-corrected chi connectivity index (χ2v) is 17.2. The van der Waals surface area contributed by atoms with Gasteiger partial charge in [-0.05, 0) is 82.9 Å². The molecule has 290 valence electrons. The number of benzene rings is 4. The van der Waals surface area contributed by atoms with Crippen LogP contribution < -0.4 is 141 Å². The van der Waals surface area contributed by atoms with Crippen molar-refractivity contribution in [3.63, 3.8) is 0 Å². The molecule has 6 rings (SSSR count). The van der Waals surface area contributed by atoms with E-state index >= 15 is 0 Å². The van der Waals surface area contributed by atoms with Gasteiger partial charge in [0.1, 0.15) is 51.9 Å². The van der Waals surface area contributed by atoms with E-state index < -0.39 is 94.4 Å². The van der Waals surface area contributed by atoms with Gasteiger partial charge in [0.2, 0.25) is 11.6 Å². The fourth-order valence-electron chi connectivity index (χ4n) is 5.55. The van der Waals surface area contributed by atoms with Crippen molar-refractivity contribution in [1.29, 1.82) is 0 Å². The number of nitrogens with zero attached hydrogens (tertiary/aromatic N) is 2. The van der Waals surface area contributed by atoms with Gasteiger partial charge in [-0.15, -0.1) is 0 Å². The Balaban J connectivity index is 0.00000310. The number of fused-ring (bicyclic) bond motifs is 2. The van der Waals surface area contributed by atoms with Crippen molar-refractivity contribution in [1.82, 2.24) is 0 Å². The number of hydrogen-bond acceptors (Lipinski definition) is 20. The van der Waals surface area contributed by atoms with Crippen LogP contribution in [0.4, 0.5) is 22.7 Å². The Morgan fingerprint density at radius 2 is 0.767 bits per heavy atom. The van der Waals surface area contributed by atoms with Crippen molar-refractivity contribution in [3.05, 3.63) is 105 Å². The van der Waals surface area contributed by atoms with E-state index in [1.54, 1.807) is 24.3 Å². The first-order valence-electron chi connectivity index (χ1n) is 15.1. The van der Waals surface area contributed by atoms with E-state index in [2.05, 4.69) is 21.1 Å². The number of carbonyl (C=O) groups excluding carboxylic acids is 2. The first-order chi connectivity index (χ1) is 25.9. The Morgan fingerprint density at radius 1 is 0.467 bits per heavy atom. The van der Waals surface area contributed by atoms with Gasteiger partial charge < -0.3 is 29.7 Å². The fourth-order valence-corrected chi connectivity index (χ4v) is 7.93. The molecule has 2 aliphatic rings. The van der Waals surface area contributed by atoms with E-state index in [0.717, 1.165) is 12.1 Å². The maximum Gasteiger partial charge on any atom is 1.00 e. The van der Waals surface area contributed by atoms with Crippen LogP contribution in [0.3, 0.4) is 0 Å². The van der Waals surface area contributed by atoms with E-state index in [-0.39, 0.29) is 152 Å². The molecular formula is C32H20N6Na4O14S4. The molecule has 20 nitrogen and oxygen atoms in total. The molecule has 0 unspecified atom stereocenters. The SMILES string of the molecule is Nc1cc(S(=O)(=O)[O-])cc2c1C(=O)/C(=N/Nc1ccc(-c3ccc(N/N=C4/C(=O)c5c(N)cc(S(=O)(=O)[O-])cc5C=C4S(=O)(=O)[O-])cc3)cc1)C(S(=O)(=O)[O-])=C2.[Na+].[Na+].[Na+].[Na+]. The van der Waals surface area contributed by atoms with Gasteiger partial charge in [-0.2, -0.15) is 10.2 Å². The molecule has 28 heteroatoms. The van der Waals surface area contributed by atoms with Crippen molar-refractivity contribution >= 4 is 98.4 Å². The zero-order valence-electron chi connectivity index (χ0n) is 31.5. The third-order valence-electron chi connectivity index (χ3n) is 8.08. The van der Waals surface area contributed by atoms with Crippen molar-refractivity contribution in [3.8, 4) is 11.1 Å². The predicted molar refractivity (Wildman–Crippen MR) is 196 cm³/mol. The Morgan fingerprint density at radius 3 is 1.03 bits per heavy atom. The molecule has 0 saturated heterocycles. The minimum atomic E-state index is -5.36. The largest absolute Gasteiger partial charge is 1.00 e. The molecule has 4 aromatic rings. The first kappa shape index (κ1) is 54.0. The van der Waals surface area contributed by atoms with Crippen LogP contribution in [0, 0.1) is 0 Å². The van der Waals surface area contributed by atoms with E-state index in [9.17, 15) is 61.5 Å². The minimum Gasteiger partial charge on any atom is -0.744 e. The Kier molecular flexibility index (Phi) is 18.1. The molecule has 0 bridgehead atoms. The summed E-state index contributed by atoms with van der Waals surface area (Å²) in [5, 5.41) is 7.62. The van der Waals surface area contributed by atoms with Gasteiger partial charge in [-0.3, -0.25) is 20.4 Å². The molecule has 0 atom stereocenters. The van der Waals surface area contributed by atoms with Gasteiger partial charge in [0.15, 0.2) is 0 Å². The number of nitrogens with one attached hydrogen (secondary N) is 2. The number of carbonyl (C=O) groups is 2. The third kappa shape index (κ3) is 11.7. The molecule has 6 N–H and O–H groups in total. The summed E-state index contributed by atoms with van der Waals surface area (Å²) in [6.45, 7) is 0. The first-order valence-corrected chi connectivity index (χ1v) is 20.7. The fraction of sp³-hybridized carbons (Fsp3) is 0. The Hall–Kier alpha value is -2.12. The summed E-state index contributed by atoms with van der Waals surface area (Å²) in [5.74, 6) is -2.27. The number of hydrogen-bond donors (Lipinski definition) is 4. The molecule has 0 saturated carbocycles. The maximum absolute atomic E-state index is 13.2. The van der Waals surface area contributed by atoms with E-state index in [1.165, 1.54) is 24.3 Å². The summed E-state index contributed by atoms with van der Waals surface area (Å²) in [4.78, 5) is 22.6. The second kappa shape index (κ2) is 20.2. The van der Waals surface area contributed by atoms with Crippen molar-refractivity contribution in [2.75, 3.05) is 22.3 Å². The molecule has 0 amide bonds. The van der Waals surface area contributed by atoms with Gasteiger partial charge in [0, 0.05) is 11.4 Å². The van der Waals surface area contributed by atoms with Crippen molar-refractivity contribution in [2.24, 2.45) is 10.2 Å². The molecule has 2 aliphatic carbocycles. The van der Waals surface area contributed by atoms with E-state index in [0.29, 0.717) is 35.4 Å². The zero-order chi connectivity index (χ0) is 41.1. The smallest absolute Gasteiger partial charge is 0.744 e. The van der Waals surface area contributed by atoms with Gasteiger partial charge in [-0.25, -0.2) is 33.7 Å². The van der Waals surface area contributed by atoms with Crippen LogP contribution in [0.15, 0.2) is 103 Å². The van der Waals surface area contributed by atoms with Gasteiger partial charge in [0.05, 0.1) is 42.1 Å². The molecule has 60 heavy (non-hydrogen) atoms. The number of Topliss-reactive ketones (excluding diaryl/α,β-unsaturated/α-hetero) is 2. The standard InChI is InChI=1S/C32H24N6O14S4.4Na/c33-23-13-21(53(41,42)43)9-17-11-25(55(47,48)49)29(31(39)27(17)23)37-35-19-5-1-15(2-6-19)16-3-7-20(8-4-16)36-38-30-26(56(50,51)52)12-18-10-22(54(44,45)46)14-24(34)28(18)32(30)40;;;;/h1-14,35-36H,33-34H2,(H,41,42,43)(H,44,45,46)(H,47,48,49)(H,50,51,52);;;;/q;4*+1/p-4/b37-29+,38-30+;;;;. The van der Waals surface area contributed by atoms with E-state index in [4.69, 9.17) is 11.5 Å². The quantitative estimate of drug-likeness (QED) is 0.0524. The zero-order valence-corrected chi connectivity index (χ0v) is 42.7. The molecule has 0 spiro atoms. The molecule has 0 radical (unpaired) electrons. The molecule has 0 fully saturated rings. The molecule has 4 aromatic carbocycles. The third-order valence-corrected chi connectivity index (χ3v) is 11.4. The normalized spacial score (nSPS) is 15.1. The van der Waals surface area contributed by atoms with Crippen molar-refractivity contribution < 1.29 is 180 Å². The average molecular weight is 933 g/mol. The predicted octanol–water partition coefficient (Wildman–Crippen LogP) is -10.6. The Labute approximate surface area is 430 Å². The summed E-state index contributed by atoms with van der Waals surface area (Å²) in [7, 11) is -20.8. The van der Waals surface area contributed by atoms with Crippen LogP contribution in [-0.2, 0) is 40.5 Å². The summed E-state index contributed by atoms with van der Waals surface area (Å²) < 4.78 is 141. The number of rotatable bonds is 9. The van der Waals surface area contributed by atoms with Crippen LogP contribution in [-0.4, -0.2) is 74.9 Å². The topological polar surface area (TPSA) is 364 Å². The van der Waals surface area contributed by atoms with Crippen LogP contribution in [0.1, 0.15) is 31.8 Å². The molecule has 0 heterocycles. The van der Waals surface area contributed by atoms with Crippen LogP contribution in [0.2, 0.25) is 0 Å². The number of hydrazone groups is 2. The summed E-state index contributed by atoms with van der Waals surface area (Å²) in [6, 6.07) is 15.1. The number of nitrogens with two attached hydrogens (primary N) is 2. The summed E-state index contributed by atoms with van der Waals surface area (Å²) >= 11 is 0. The van der Waals surface area contributed by atoms with Gasteiger partial charge >= 0.3 is 118 Å². The summed E-state index contributed by atoms with van der Waals surface area (Å²) in [5.41, 5.74) is 14.0. The molecule has 0 aliphatic heterocycles. The monoisotopic (exact) mass is 932 g/mol. The van der Waals surface area contributed by atoms with E-state index in [1.807, 2.05) is 0 Å². The van der Waals surface area contributed by atoms with Crippen molar-refractivity contribution in [2.45, 2.75) is 9.79 Å². The number of ketones is 2. The van der Waals surface area contributed by atoms with Gasteiger partial charge in [-0.1, -0.05) is 24.3 Å². The minimum absolute atomic E-state index is 0. The Bertz CT molecular complexity index is 2810. The second-order valence-electron chi connectivity index (χ2n) is 11.7. The van der Waals surface area contributed by atoms with Crippen LogP contribution in [0.5, 0.6) is 0 Å². The van der Waals surface area contributed by atoms with Gasteiger partial charge in [0.25, 0.3) is 0 Å². The maximum atomic E-state index is 13.2. The number of anilines is 4. The molecule has 0 aromatic heterocycles. The average Bonchev–Trinajstić information content (AvgIpc) is 3.09. The number of allylic oxidation sites excluding steroid dienone is 2. The number of nitrogen functional groups attached to an aromatic ring is 2. The van der Waals surface area contributed by atoms with Crippen LogP contribution >= 0.6 is 0 Å². The van der Waals surface area contributed by atoms with Crippen LogP contribution in [0.25, 0.3) is 23.3 Å².